The minimum Gasteiger partial charge on any atom is -0.168 e. The molecule has 4 heavy (non-hydrogen) atoms. The molecule has 0 amide bonds. The zero-order valence-corrected chi connectivity index (χ0v) is 4.66. The van der Waals surface area contributed by atoms with Crippen LogP contribution >= 0.6 is 0 Å². The molecule has 0 aromatic heterocycles. The first kappa shape index (κ1) is 8.94. The maximum absolute atomic E-state index is 8.29. The standard InChI is InChI=1S/Gd.O2S/c;1-3-2. The summed E-state index contributed by atoms with van der Waals surface area (Å²) in [7, 11) is 0. The third-order valence-electron chi connectivity index (χ3n) is 0. The molecule has 0 fully saturated rings. The van der Waals surface area contributed by atoms with Crippen LogP contribution in [0.1, 0.15) is 0 Å². The van der Waals surface area contributed by atoms with Crippen LogP contribution in [-0.2, 0) is 11.6 Å². The summed E-state index contributed by atoms with van der Waals surface area (Å²) in [6.45, 7) is 0. The quantitative estimate of drug-likeness (QED) is 0.544. The summed E-state index contributed by atoms with van der Waals surface area (Å²) in [5.74, 6) is 0. The zero-order chi connectivity index (χ0) is 2.71. The smallest absolute Gasteiger partial charge is 0.168 e. The largest absolute Gasteiger partial charge is 0.335 e. The summed E-state index contributed by atoms with van der Waals surface area (Å²) < 4.78 is 16.6. The molecule has 0 radical (unpaired) electrons. The molecule has 26 valence electrons. The third-order valence-corrected chi connectivity index (χ3v) is 0. The maximum atomic E-state index is 8.29. The second-order valence-corrected chi connectivity index (χ2v) is 0.204. The van der Waals surface area contributed by atoms with Crippen molar-refractivity contribution in [2.45, 2.75) is 0 Å². The van der Waals surface area contributed by atoms with E-state index in [1.54, 1.807) is 0 Å². The van der Waals surface area contributed by atoms with E-state index >= 15 is 0 Å². The minimum atomic E-state index is -0.750. The Balaban J connectivity index is 0. The van der Waals surface area contributed by atoms with Crippen molar-refractivity contribution in [2.75, 3.05) is 0 Å². The molecule has 0 saturated carbocycles. The molecule has 0 aliphatic carbocycles. The van der Waals surface area contributed by atoms with Crippen LogP contribution in [0.5, 0.6) is 0 Å². The molecular formula is GdO2S. The first-order valence-corrected chi connectivity index (χ1v) is 1.00. The molecule has 0 heterocycles. The van der Waals surface area contributed by atoms with Crippen LogP contribution in [0.15, 0.2) is 0 Å². The molecule has 0 atom stereocenters. The van der Waals surface area contributed by atoms with Crippen molar-refractivity contribution in [3.8, 4) is 0 Å². The van der Waals surface area contributed by atoms with Crippen LogP contribution in [-0.4, -0.2) is 8.42 Å². The van der Waals surface area contributed by atoms with Gasteiger partial charge in [-0.25, -0.2) is 0 Å². The van der Waals surface area contributed by atoms with Crippen molar-refractivity contribution in [3.63, 3.8) is 0 Å². The van der Waals surface area contributed by atoms with Crippen LogP contribution < -0.4 is 0 Å². The number of hydrogen-bond donors (Lipinski definition) is 0. The van der Waals surface area contributed by atoms with Gasteiger partial charge >= 0.3 is 11.6 Å². The summed E-state index contributed by atoms with van der Waals surface area (Å²) in [5, 5.41) is 0. The van der Waals surface area contributed by atoms with Gasteiger partial charge in [-0.2, -0.15) is 8.42 Å². The van der Waals surface area contributed by atoms with Crippen LogP contribution in [0.2, 0.25) is 0 Å². The molecule has 2 nitrogen and oxygen atoms in total. The maximum Gasteiger partial charge on any atom is 0.335 e. The molecule has 0 spiro atoms. The first-order chi connectivity index (χ1) is 1.41. The number of hydrogen-bond acceptors (Lipinski definition) is 2. The zero-order valence-electron chi connectivity index (χ0n) is 1.58. The fourth-order valence-electron chi connectivity index (χ4n) is 0. The average Bonchev–Trinajstić information content (AvgIpc) is 0.918. The van der Waals surface area contributed by atoms with Crippen LogP contribution in [0.25, 0.3) is 0 Å². The average molecular weight is 221 g/mol. The first-order valence-electron chi connectivity index (χ1n) is 0.333. The predicted molar refractivity (Wildman–Crippen MR) is 8.92 cm³/mol. The normalized spacial score (nSPS) is 3.00. The third kappa shape index (κ3) is 11.0. The molecule has 0 unspecified atom stereocenters. The second-order valence-electron chi connectivity index (χ2n) is 0.0680. The Morgan fingerprint density at radius 3 is 1.25 bits per heavy atom. The molecule has 0 N–H and O–H groups in total. The van der Waals surface area contributed by atoms with Crippen molar-refractivity contribution in [2.24, 2.45) is 0 Å². The molecule has 0 bridgehead atoms. The Hall–Kier alpha value is 1.14. The molecule has 0 aromatic carbocycles. The molecule has 0 saturated heterocycles. The van der Waals surface area contributed by atoms with Crippen molar-refractivity contribution in [1.82, 2.24) is 0 Å². The van der Waals surface area contributed by atoms with Crippen LogP contribution in [0, 0.1) is 39.9 Å². The molecular weight excluding hydrogens is 221 g/mol. The Labute approximate surface area is 59.2 Å². The van der Waals surface area contributed by atoms with Crippen molar-refractivity contribution < 1.29 is 48.4 Å². The van der Waals surface area contributed by atoms with E-state index < -0.39 is 11.6 Å². The molecule has 4 heteroatoms. The van der Waals surface area contributed by atoms with Gasteiger partial charge in [-0.1, -0.05) is 0 Å². The molecule has 0 aliphatic heterocycles. The van der Waals surface area contributed by atoms with Crippen molar-refractivity contribution >= 4 is 11.6 Å². The molecule has 0 rings (SSSR count). The Morgan fingerprint density at radius 1 is 1.25 bits per heavy atom. The van der Waals surface area contributed by atoms with Gasteiger partial charge in [-0.15, -0.1) is 0 Å². The van der Waals surface area contributed by atoms with Crippen LogP contribution in [0.4, 0.5) is 0 Å². The van der Waals surface area contributed by atoms with Gasteiger partial charge in [-0.3, -0.25) is 0 Å². The van der Waals surface area contributed by atoms with E-state index in [2.05, 4.69) is 0 Å². The van der Waals surface area contributed by atoms with Crippen LogP contribution in [0.3, 0.4) is 0 Å². The molecule has 0 aliphatic rings. The summed E-state index contributed by atoms with van der Waals surface area (Å²) in [4.78, 5) is 0. The van der Waals surface area contributed by atoms with Gasteiger partial charge in [-0.05, 0) is 0 Å². The van der Waals surface area contributed by atoms with E-state index in [1.165, 1.54) is 0 Å². The van der Waals surface area contributed by atoms with Gasteiger partial charge in [0.1, 0.15) is 0 Å². The van der Waals surface area contributed by atoms with E-state index in [9.17, 15) is 0 Å². The van der Waals surface area contributed by atoms with Gasteiger partial charge < -0.3 is 0 Å². The summed E-state index contributed by atoms with van der Waals surface area (Å²) in [6.07, 6.45) is 0. The minimum absolute atomic E-state index is 0. The van der Waals surface area contributed by atoms with Gasteiger partial charge in [0.15, 0.2) is 0 Å². The monoisotopic (exact) mass is 222 g/mol. The predicted octanol–water partition coefficient (Wildman–Crippen LogP) is -0.670. The fourth-order valence-corrected chi connectivity index (χ4v) is 0. The van der Waals surface area contributed by atoms with Gasteiger partial charge in [0.2, 0.25) is 0 Å². The Morgan fingerprint density at radius 2 is 1.25 bits per heavy atom. The van der Waals surface area contributed by atoms with E-state index in [1.807, 2.05) is 0 Å². The van der Waals surface area contributed by atoms with Gasteiger partial charge in [0.25, 0.3) is 0 Å². The summed E-state index contributed by atoms with van der Waals surface area (Å²) in [5.41, 5.74) is 0. The van der Waals surface area contributed by atoms with E-state index in [0.717, 1.165) is 0 Å². The van der Waals surface area contributed by atoms with Crippen molar-refractivity contribution in [1.29, 1.82) is 0 Å². The summed E-state index contributed by atoms with van der Waals surface area (Å²) in [6, 6.07) is 0. The number of rotatable bonds is 0. The fraction of sp³-hybridized carbons (Fsp3) is 0. The molecule has 0 aromatic rings. The van der Waals surface area contributed by atoms with E-state index in [4.69, 9.17) is 8.42 Å². The van der Waals surface area contributed by atoms with E-state index in [-0.39, 0.29) is 39.9 Å². The van der Waals surface area contributed by atoms with E-state index in [0.29, 0.717) is 0 Å². The topological polar surface area (TPSA) is 34.1 Å². The SMILES string of the molecule is O=S=O.[Gd]. The van der Waals surface area contributed by atoms with Crippen molar-refractivity contribution in [3.05, 3.63) is 0 Å². The van der Waals surface area contributed by atoms with Gasteiger partial charge in [0.05, 0.1) is 0 Å². The Bertz CT molecular complexity index is 27.0. The Kier molecular flexibility index (Phi) is 19.9. The second kappa shape index (κ2) is 8.91. The summed E-state index contributed by atoms with van der Waals surface area (Å²) >= 11 is -0.750. The van der Waals surface area contributed by atoms with Gasteiger partial charge in [0, 0.05) is 39.9 Å².